The minimum absolute atomic E-state index is 0.345. The Labute approximate surface area is 121 Å². The van der Waals surface area contributed by atoms with Crippen molar-refractivity contribution in [2.24, 2.45) is 0 Å². The van der Waals surface area contributed by atoms with Crippen LogP contribution in [-0.2, 0) is 11.2 Å². The standard InChI is InChI=1S/C15H26N4O/c1-4-7-13-14(16-3)17-11-18-15(13)19(5-2)10-12-8-6-9-20-12/h11-12H,4-10H2,1-3H3,(H,16,17,18). The molecule has 0 spiro atoms. The van der Waals surface area contributed by atoms with Crippen molar-refractivity contribution in [2.75, 3.05) is 37.0 Å². The summed E-state index contributed by atoms with van der Waals surface area (Å²) in [6.07, 6.45) is 6.41. The summed E-state index contributed by atoms with van der Waals surface area (Å²) >= 11 is 0. The first kappa shape index (κ1) is 15.0. The molecule has 1 atom stereocenters. The van der Waals surface area contributed by atoms with Gasteiger partial charge in [-0.25, -0.2) is 9.97 Å². The average Bonchev–Trinajstić information content (AvgIpc) is 2.98. The summed E-state index contributed by atoms with van der Waals surface area (Å²) in [5.74, 6) is 2.01. The van der Waals surface area contributed by atoms with Gasteiger partial charge < -0.3 is 15.0 Å². The quantitative estimate of drug-likeness (QED) is 0.830. The molecule has 1 aliphatic rings. The van der Waals surface area contributed by atoms with E-state index in [9.17, 15) is 0 Å². The molecule has 5 nitrogen and oxygen atoms in total. The largest absolute Gasteiger partial charge is 0.376 e. The fraction of sp³-hybridized carbons (Fsp3) is 0.733. The predicted octanol–water partition coefficient (Wildman–Crippen LogP) is 2.48. The Hall–Kier alpha value is -1.36. The molecule has 0 aliphatic carbocycles. The van der Waals surface area contributed by atoms with Crippen LogP contribution >= 0.6 is 0 Å². The number of nitrogens with one attached hydrogen (secondary N) is 1. The summed E-state index contributed by atoms with van der Waals surface area (Å²) in [6.45, 7) is 7.12. The van der Waals surface area contributed by atoms with Crippen LogP contribution in [0.3, 0.4) is 0 Å². The molecule has 0 aromatic carbocycles. The van der Waals surface area contributed by atoms with Crippen molar-refractivity contribution in [2.45, 2.75) is 45.6 Å². The van der Waals surface area contributed by atoms with Gasteiger partial charge in [0.25, 0.3) is 0 Å². The average molecular weight is 278 g/mol. The van der Waals surface area contributed by atoms with E-state index in [-0.39, 0.29) is 0 Å². The number of aromatic nitrogens is 2. The second-order valence-electron chi connectivity index (χ2n) is 5.20. The first-order valence-electron chi connectivity index (χ1n) is 7.68. The summed E-state index contributed by atoms with van der Waals surface area (Å²) < 4.78 is 5.76. The van der Waals surface area contributed by atoms with Crippen LogP contribution in [0.15, 0.2) is 6.33 Å². The van der Waals surface area contributed by atoms with E-state index in [4.69, 9.17) is 4.74 Å². The maximum absolute atomic E-state index is 5.76. The van der Waals surface area contributed by atoms with Crippen LogP contribution < -0.4 is 10.2 Å². The summed E-state index contributed by atoms with van der Waals surface area (Å²) in [4.78, 5) is 11.2. The Balaban J connectivity index is 2.22. The maximum Gasteiger partial charge on any atom is 0.137 e. The van der Waals surface area contributed by atoms with Gasteiger partial charge in [0.1, 0.15) is 18.0 Å². The molecular formula is C15H26N4O. The van der Waals surface area contributed by atoms with Crippen molar-refractivity contribution in [1.29, 1.82) is 0 Å². The zero-order valence-corrected chi connectivity index (χ0v) is 12.9. The van der Waals surface area contributed by atoms with Crippen LogP contribution in [0.5, 0.6) is 0 Å². The molecule has 1 aromatic rings. The van der Waals surface area contributed by atoms with Crippen molar-refractivity contribution in [3.63, 3.8) is 0 Å². The van der Waals surface area contributed by atoms with Gasteiger partial charge in [-0.15, -0.1) is 0 Å². The third kappa shape index (κ3) is 3.39. The number of hydrogen-bond donors (Lipinski definition) is 1. The van der Waals surface area contributed by atoms with Gasteiger partial charge in [0.2, 0.25) is 0 Å². The Kier molecular flexibility index (Phi) is 5.59. The molecular weight excluding hydrogens is 252 g/mol. The summed E-state index contributed by atoms with van der Waals surface area (Å²) in [5.41, 5.74) is 1.22. The lowest BCUT2D eigenvalue weighted by Gasteiger charge is -2.27. The number of likely N-dealkylation sites (N-methyl/N-ethyl adjacent to an activating group) is 1. The van der Waals surface area contributed by atoms with E-state index in [0.29, 0.717) is 6.10 Å². The highest BCUT2D eigenvalue weighted by atomic mass is 16.5. The minimum Gasteiger partial charge on any atom is -0.376 e. The molecule has 2 heterocycles. The summed E-state index contributed by atoms with van der Waals surface area (Å²) in [6, 6.07) is 0. The van der Waals surface area contributed by atoms with Gasteiger partial charge in [0, 0.05) is 32.3 Å². The van der Waals surface area contributed by atoms with Crippen LogP contribution in [0.1, 0.15) is 38.7 Å². The third-order valence-electron chi connectivity index (χ3n) is 3.79. The molecule has 20 heavy (non-hydrogen) atoms. The van der Waals surface area contributed by atoms with Gasteiger partial charge in [-0.2, -0.15) is 0 Å². The highest BCUT2D eigenvalue weighted by Gasteiger charge is 2.22. The van der Waals surface area contributed by atoms with E-state index in [1.54, 1.807) is 6.33 Å². The van der Waals surface area contributed by atoms with E-state index in [0.717, 1.165) is 50.6 Å². The molecule has 1 aromatic heterocycles. The molecule has 0 bridgehead atoms. The first-order chi connectivity index (χ1) is 9.80. The van der Waals surface area contributed by atoms with Gasteiger partial charge >= 0.3 is 0 Å². The second kappa shape index (κ2) is 7.43. The highest BCUT2D eigenvalue weighted by molar-refractivity contribution is 5.58. The van der Waals surface area contributed by atoms with Gasteiger partial charge in [-0.3, -0.25) is 0 Å². The topological polar surface area (TPSA) is 50.3 Å². The van der Waals surface area contributed by atoms with Crippen LogP contribution in [0.25, 0.3) is 0 Å². The van der Waals surface area contributed by atoms with Crippen molar-refractivity contribution in [3.05, 3.63) is 11.9 Å². The van der Waals surface area contributed by atoms with Gasteiger partial charge in [0.05, 0.1) is 6.10 Å². The molecule has 5 heteroatoms. The second-order valence-corrected chi connectivity index (χ2v) is 5.20. The van der Waals surface area contributed by atoms with Crippen molar-refractivity contribution < 1.29 is 4.74 Å². The Morgan fingerprint density at radius 2 is 2.25 bits per heavy atom. The van der Waals surface area contributed by atoms with E-state index in [1.165, 1.54) is 12.0 Å². The number of hydrogen-bond acceptors (Lipinski definition) is 5. The van der Waals surface area contributed by atoms with E-state index >= 15 is 0 Å². The Bertz CT molecular complexity index is 418. The van der Waals surface area contributed by atoms with E-state index in [1.807, 2.05) is 7.05 Å². The first-order valence-corrected chi connectivity index (χ1v) is 7.68. The van der Waals surface area contributed by atoms with Crippen LogP contribution in [0, 0.1) is 0 Å². The number of nitrogens with zero attached hydrogens (tertiary/aromatic N) is 3. The lowest BCUT2D eigenvalue weighted by Crippen LogP contribution is -2.33. The summed E-state index contributed by atoms with van der Waals surface area (Å²) in [7, 11) is 1.92. The Morgan fingerprint density at radius 3 is 2.85 bits per heavy atom. The zero-order valence-electron chi connectivity index (χ0n) is 12.9. The molecule has 1 fully saturated rings. The number of rotatable bonds is 7. The normalized spacial score (nSPS) is 18.2. The summed E-state index contributed by atoms with van der Waals surface area (Å²) in [5, 5.41) is 3.18. The van der Waals surface area contributed by atoms with Gasteiger partial charge in [0.15, 0.2) is 0 Å². The number of anilines is 2. The Morgan fingerprint density at radius 1 is 1.40 bits per heavy atom. The van der Waals surface area contributed by atoms with Crippen molar-refractivity contribution >= 4 is 11.6 Å². The lowest BCUT2D eigenvalue weighted by atomic mass is 10.1. The number of ether oxygens (including phenoxy) is 1. The van der Waals surface area contributed by atoms with E-state index in [2.05, 4.69) is 34.0 Å². The molecule has 0 saturated carbocycles. The molecule has 1 unspecified atom stereocenters. The van der Waals surface area contributed by atoms with E-state index < -0.39 is 0 Å². The van der Waals surface area contributed by atoms with Crippen molar-refractivity contribution in [1.82, 2.24) is 9.97 Å². The fourth-order valence-corrected chi connectivity index (χ4v) is 2.77. The van der Waals surface area contributed by atoms with Gasteiger partial charge in [-0.1, -0.05) is 13.3 Å². The SMILES string of the molecule is CCCc1c(NC)ncnc1N(CC)CC1CCCO1. The van der Waals surface area contributed by atoms with Gasteiger partial charge in [-0.05, 0) is 26.2 Å². The zero-order chi connectivity index (χ0) is 14.4. The molecule has 112 valence electrons. The molecule has 1 N–H and O–H groups in total. The van der Waals surface area contributed by atoms with Crippen LogP contribution in [0.4, 0.5) is 11.6 Å². The highest BCUT2D eigenvalue weighted by Crippen LogP contribution is 2.26. The lowest BCUT2D eigenvalue weighted by molar-refractivity contribution is 0.115. The predicted molar refractivity (Wildman–Crippen MR) is 82.4 cm³/mol. The molecule has 0 radical (unpaired) electrons. The minimum atomic E-state index is 0.345. The van der Waals surface area contributed by atoms with Crippen LogP contribution in [-0.4, -0.2) is 42.8 Å². The maximum atomic E-state index is 5.76. The van der Waals surface area contributed by atoms with Crippen molar-refractivity contribution in [3.8, 4) is 0 Å². The molecule has 1 aliphatic heterocycles. The smallest absolute Gasteiger partial charge is 0.137 e. The molecule has 2 rings (SSSR count). The van der Waals surface area contributed by atoms with Crippen LogP contribution in [0.2, 0.25) is 0 Å². The monoisotopic (exact) mass is 278 g/mol. The fourth-order valence-electron chi connectivity index (χ4n) is 2.77. The molecule has 0 amide bonds. The molecule has 1 saturated heterocycles. The third-order valence-corrected chi connectivity index (χ3v) is 3.79.